The second-order valence-electron chi connectivity index (χ2n) is 2.53. The Morgan fingerprint density at radius 3 is 2.40 bits per heavy atom. The smallest absolute Gasteiger partial charge is 0.133 e. The van der Waals surface area contributed by atoms with Crippen molar-refractivity contribution in [2.45, 2.75) is 13.1 Å². The molecule has 1 unspecified atom stereocenters. The van der Waals surface area contributed by atoms with Gasteiger partial charge in [0.1, 0.15) is 11.8 Å². The maximum atomic E-state index is 8.59. The Balaban J connectivity index is 2.80. The van der Waals surface area contributed by atoms with Crippen LogP contribution in [-0.4, -0.2) is 30.1 Å². The van der Waals surface area contributed by atoms with Crippen LogP contribution in [0.5, 0.6) is 0 Å². The molecule has 0 saturated carbocycles. The average molecular weight is 137 g/mol. The van der Waals surface area contributed by atoms with E-state index in [9.17, 15) is 0 Å². The molecule has 0 bridgehead atoms. The fourth-order valence-corrected chi connectivity index (χ4v) is 0.974. The first kappa shape index (κ1) is 6.94. The summed E-state index contributed by atoms with van der Waals surface area (Å²) in [5.41, 5.74) is 0.731. The van der Waals surface area contributed by atoms with Gasteiger partial charge in [-0.15, -0.1) is 0 Å². The normalized spacial score (nSPS) is 24.6. The van der Waals surface area contributed by atoms with Gasteiger partial charge in [0, 0.05) is 20.3 Å². The van der Waals surface area contributed by atoms with Gasteiger partial charge in [0.05, 0.1) is 6.17 Å². The first-order valence-electron chi connectivity index (χ1n) is 3.23. The van der Waals surface area contributed by atoms with E-state index in [1.807, 2.05) is 30.1 Å². The summed E-state index contributed by atoms with van der Waals surface area (Å²) in [4.78, 5) is 3.96. The molecular formula is C7H11N3. The SMILES string of the molecule is CC1N(C)C=C(C#N)N1C. The molecular weight excluding hydrogens is 126 g/mol. The van der Waals surface area contributed by atoms with Crippen LogP contribution in [0.15, 0.2) is 11.9 Å². The molecule has 0 N–H and O–H groups in total. The largest absolute Gasteiger partial charge is 0.358 e. The minimum atomic E-state index is 0.314. The van der Waals surface area contributed by atoms with Gasteiger partial charge in [-0.2, -0.15) is 5.26 Å². The van der Waals surface area contributed by atoms with Crippen molar-refractivity contribution in [1.29, 1.82) is 5.26 Å². The molecule has 0 radical (unpaired) electrons. The van der Waals surface area contributed by atoms with Crippen LogP contribution in [0.25, 0.3) is 0 Å². The Labute approximate surface area is 61.1 Å². The number of nitriles is 1. The van der Waals surface area contributed by atoms with Crippen LogP contribution in [0.3, 0.4) is 0 Å². The van der Waals surface area contributed by atoms with Crippen LogP contribution >= 0.6 is 0 Å². The molecule has 0 aromatic carbocycles. The number of hydrogen-bond acceptors (Lipinski definition) is 3. The van der Waals surface area contributed by atoms with Crippen molar-refractivity contribution in [1.82, 2.24) is 9.80 Å². The molecule has 1 atom stereocenters. The summed E-state index contributed by atoms with van der Waals surface area (Å²) in [6, 6.07) is 2.12. The Morgan fingerprint density at radius 2 is 2.20 bits per heavy atom. The summed E-state index contributed by atoms with van der Waals surface area (Å²) in [5.74, 6) is 0. The molecule has 0 saturated heterocycles. The summed E-state index contributed by atoms with van der Waals surface area (Å²) in [5, 5.41) is 8.59. The molecule has 1 aliphatic heterocycles. The lowest BCUT2D eigenvalue weighted by Gasteiger charge is -2.23. The minimum absolute atomic E-state index is 0.314. The first-order chi connectivity index (χ1) is 4.66. The van der Waals surface area contributed by atoms with E-state index in [0.29, 0.717) is 6.17 Å². The van der Waals surface area contributed by atoms with Crippen molar-refractivity contribution in [2.24, 2.45) is 0 Å². The number of rotatable bonds is 0. The van der Waals surface area contributed by atoms with Gasteiger partial charge in [0.25, 0.3) is 0 Å². The van der Waals surface area contributed by atoms with E-state index in [0.717, 1.165) is 5.70 Å². The van der Waals surface area contributed by atoms with Gasteiger partial charge in [-0.05, 0) is 6.92 Å². The van der Waals surface area contributed by atoms with Gasteiger partial charge in [0.15, 0.2) is 0 Å². The standard InChI is InChI=1S/C7H11N3/c1-6-9(2)5-7(4-8)10(6)3/h5-6H,1-3H3. The fraction of sp³-hybridized carbons (Fsp3) is 0.571. The molecule has 10 heavy (non-hydrogen) atoms. The van der Waals surface area contributed by atoms with E-state index in [4.69, 9.17) is 5.26 Å². The van der Waals surface area contributed by atoms with Crippen LogP contribution in [0, 0.1) is 11.3 Å². The van der Waals surface area contributed by atoms with Gasteiger partial charge in [-0.3, -0.25) is 0 Å². The molecule has 54 valence electrons. The Morgan fingerprint density at radius 1 is 1.60 bits per heavy atom. The molecule has 0 aliphatic carbocycles. The van der Waals surface area contributed by atoms with E-state index in [1.54, 1.807) is 0 Å². The lowest BCUT2D eigenvalue weighted by Crippen LogP contribution is -2.31. The number of nitrogens with zero attached hydrogens (tertiary/aromatic N) is 3. The van der Waals surface area contributed by atoms with Crippen LogP contribution in [0.2, 0.25) is 0 Å². The Hall–Kier alpha value is -1.17. The second kappa shape index (κ2) is 2.22. The second-order valence-corrected chi connectivity index (χ2v) is 2.53. The molecule has 0 fully saturated rings. The van der Waals surface area contributed by atoms with Crippen molar-refractivity contribution < 1.29 is 0 Å². The summed E-state index contributed by atoms with van der Waals surface area (Å²) in [6.07, 6.45) is 2.17. The molecule has 0 amide bonds. The zero-order valence-corrected chi connectivity index (χ0v) is 6.50. The zero-order valence-electron chi connectivity index (χ0n) is 6.50. The lowest BCUT2D eigenvalue weighted by atomic mass is 10.4. The fourth-order valence-electron chi connectivity index (χ4n) is 0.974. The lowest BCUT2D eigenvalue weighted by molar-refractivity contribution is 0.221. The van der Waals surface area contributed by atoms with Gasteiger partial charge in [-0.25, -0.2) is 0 Å². The number of allylic oxidation sites excluding steroid dienone is 1. The van der Waals surface area contributed by atoms with Crippen molar-refractivity contribution >= 4 is 0 Å². The minimum Gasteiger partial charge on any atom is -0.358 e. The highest BCUT2D eigenvalue weighted by molar-refractivity contribution is 5.22. The van der Waals surface area contributed by atoms with Crippen LogP contribution in [0.1, 0.15) is 6.92 Å². The van der Waals surface area contributed by atoms with E-state index >= 15 is 0 Å². The van der Waals surface area contributed by atoms with Crippen LogP contribution < -0.4 is 0 Å². The molecule has 1 rings (SSSR count). The topological polar surface area (TPSA) is 30.3 Å². The van der Waals surface area contributed by atoms with Gasteiger partial charge in [-0.1, -0.05) is 0 Å². The third-order valence-corrected chi connectivity index (χ3v) is 1.97. The third kappa shape index (κ3) is 0.820. The third-order valence-electron chi connectivity index (χ3n) is 1.97. The van der Waals surface area contributed by atoms with E-state index < -0.39 is 0 Å². The predicted molar refractivity (Wildman–Crippen MR) is 38.7 cm³/mol. The predicted octanol–water partition coefficient (Wildman–Crippen LogP) is 0.575. The Bertz CT molecular complexity index is 201. The van der Waals surface area contributed by atoms with Crippen molar-refractivity contribution in [2.75, 3.05) is 14.1 Å². The van der Waals surface area contributed by atoms with Crippen LogP contribution in [0.4, 0.5) is 0 Å². The van der Waals surface area contributed by atoms with E-state index in [2.05, 4.69) is 13.0 Å². The summed E-state index contributed by atoms with van der Waals surface area (Å²) < 4.78 is 0. The van der Waals surface area contributed by atoms with Crippen molar-refractivity contribution in [3.05, 3.63) is 11.9 Å². The summed E-state index contributed by atoms with van der Waals surface area (Å²) in [7, 11) is 3.88. The molecule has 3 heteroatoms. The molecule has 0 aromatic rings. The average Bonchev–Trinajstić information content (AvgIpc) is 2.17. The maximum absolute atomic E-state index is 8.59. The van der Waals surface area contributed by atoms with Crippen molar-refractivity contribution in [3.63, 3.8) is 0 Å². The molecule has 0 spiro atoms. The summed E-state index contributed by atoms with van der Waals surface area (Å²) in [6.45, 7) is 2.06. The highest BCUT2D eigenvalue weighted by Gasteiger charge is 2.21. The summed E-state index contributed by atoms with van der Waals surface area (Å²) >= 11 is 0. The highest BCUT2D eigenvalue weighted by atomic mass is 15.4. The highest BCUT2D eigenvalue weighted by Crippen LogP contribution is 2.16. The van der Waals surface area contributed by atoms with Gasteiger partial charge in [0.2, 0.25) is 0 Å². The Kier molecular flexibility index (Phi) is 1.54. The van der Waals surface area contributed by atoms with Crippen LogP contribution in [-0.2, 0) is 0 Å². The molecule has 1 aliphatic rings. The molecule has 1 heterocycles. The quantitative estimate of drug-likeness (QED) is 0.489. The van der Waals surface area contributed by atoms with E-state index in [-0.39, 0.29) is 0 Å². The van der Waals surface area contributed by atoms with Crippen molar-refractivity contribution in [3.8, 4) is 6.07 Å². The molecule has 3 nitrogen and oxygen atoms in total. The first-order valence-corrected chi connectivity index (χ1v) is 3.23. The van der Waals surface area contributed by atoms with E-state index in [1.165, 1.54) is 0 Å². The van der Waals surface area contributed by atoms with Gasteiger partial charge < -0.3 is 9.80 Å². The molecule has 0 aromatic heterocycles. The maximum Gasteiger partial charge on any atom is 0.133 e. The monoisotopic (exact) mass is 137 g/mol. The zero-order chi connectivity index (χ0) is 7.72. The number of hydrogen-bond donors (Lipinski definition) is 0. The van der Waals surface area contributed by atoms with Gasteiger partial charge >= 0.3 is 0 Å².